The quantitative estimate of drug-likeness (QED) is 0.599. The third-order valence-electron chi connectivity index (χ3n) is 0.877. The lowest BCUT2D eigenvalue weighted by Gasteiger charge is -1.92. The van der Waals surface area contributed by atoms with Gasteiger partial charge in [0.25, 0.3) is 0 Å². The van der Waals surface area contributed by atoms with E-state index in [9.17, 15) is 0 Å². The van der Waals surface area contributed by atoms with Crippen LogP contribution in [0.3, 0.4) is 0 Å². The molecule has 0 bridgehead atoms. The van der Waals surface area contributed by atoms with E-state index in [2.05, 4.69) is 15.0 Å². The van der Waals surface area contributed by atoms with Gasteiger partial charge in [-0.15, -0.1) is 0 Å². The number of halogens is 1. The number of hydrogen-bond acceptors (Lipinski definition) is 4. The molecule has 0 atom stereocenters. The molecule has 0 aliphatic rings. The Morgan fingerprint density at radius 3 is 2.80 bits per heavy atom. The molecule has 2 N–H and O–H groups in total. The van der Waals surface area contributed by atoms with Crippen LogP contribution < -0.4 is 5.73 Å². The first-order valence-corrected chi connectivity index (χ1v) is 3.78. The maximum atomic E-state index is 5.42. The summed E-state index contributed by atoms with van der Waals surface area (Å²) in [6.45, 7) is 0. The van der Waals surface area contributed by atoms with Crippen LogP contribution in [0.15, 0.2) is 17.4 Å². The van der Waals surface area contributed by atoms with Crippen LogP contribution >= 0.6 is 22.6 Å². The van der Waals surface area contributed by atoms with Gasteiger partial charge in [-0.25, -0.2) is 15.0 Å². The molecule has 4 nitrogen and oxygen atoms in total. The Labute approximate surface area is 71.7 Å². The molecular formula is C5H5IN4. The molecule has 1 rings (SSSR count). The van der Waals surface area contributed by atoms with E-state index in [4.69, 9.17) is 5.73 Å². The normalized spacial score (nSPS) is 10.5. The molecule has 0 aliphatic carbocycles. The Morgan fingerprint density at radius 2 is 2.20 bits per heavy atom. The number of aliphatic imine (C=N–C) groups is 1. The number of aromatic nitrogens is 2. The second kappa shape index (κ2) is 3.45. The maximum absolute atomic E-state index is 5.42. The lowest BCUT2D eigenvalue weighted by molar-refractivity contribution is 1.19. The minimum atomic E-state index is 0.357. The number of nitrogens with two attached hydrogens (primary N) is 1. The van der Waals surface area contributed by atoms with Gasteiger partial charge in [0.15, 0.2) is 11.6 Å². The Morgan fingerprint density at radius 1 is 1.50 bits per heavy atom. The minimum absolute atomic E-state index is 0.357. The van der Waals surface area contributed by atoms with Crippen molar-refractivity contribution in [3.63, 3.8) is 0 Å². The van der Waals surface area contributed by atoms with Crippen LogP contribution in [-0.4, -0.2) is 14.2 Å². The maximum Gasteiger partial charge on any atom is 0.195 e. The Kier molecular flexibility index (Phi) is 2.55. The van der Waals surface area contributed by atoms with Crippen LogP contribution in [0.2, 0.25) is 0 Å². The van der Waals surface area contributed by atoms with E-state index >= 15 is 0 Å². The molecule has 1 aromatic heterocycles. The van der Waals surface area contributed by atoms with Crippen molar-refractivity contribution < 1.29 is 0 Å². The van der Waals surface area contributed by atoms with Gasteiger partial charge in [-0.1, -0.05) is 0 Å². The number of nitrogen functional groups attached to an aromatic ring is 1. The van der Waals surface area contributed by atoms with E-state index in [0.717, 1.165) is 0 Å². The van der Waals surface area contributed by atoms with Crippen LogP contribution in [0.4, 0.5) is 11.6 Å². The van der Waals surface area contributed by atoms with Crippen molar-refractivity contribution in [3.8, 4) is 0 Å². The lowest BCUT2D eigenvalue weighted by Crippen LogP contribution is -1.90. The van der Waals surface area contributed by atoms with Crippen molar-refractivity contribution in [2.24, 2.45) is 4.99 Å². The molecule has 0 spiro atoms. The molecule has 0 fully saturated rings. The SMILES string of the molecule is Nc1nccnc1N=CI. The van der Waals surface area contributed by atoms with Gasteiger partial charge < -0.3 is 5.73 Å². The highest BCUT2D eigenvalue weighted by Crippen LogP contribution is 2.12. The molecule has 0 amide bonds. The third kappa shape index (κ3) is 1.63. The molecule has 1 heterocycles. The van der Waals surface area contributed by atoms with Gasteiger partial charge in [0, 0.05) is 12.4 Å². The van der Waals surface area contributed by atoms with E-state index in [0.29, 0.717) is 11.6 Å². The lowest BCUT2D eigenvalue weighted by atomic mass is 10.6. The Hall–Kier alpha value is -0.720. The number of rotatable bonds is 1. The van der Waals surface area contributed by atoms with Gasteiger partial charge in [-0.2, -0.15) is 0 Å². The van der Waals surface area contributed by atoms with E-state index in [1.807, 2.05) is 22.6 Å². The summed E-state index contributed by atoms with van der Waals surface area (Å²) in [6, 6.07) is 0. The molecule has 0 unspecified atom stereocenters. The number of nitrogens with zero attached hydrogens (tertiary/aromatic N) is 3. The molecule has 10 heavy (non-hydrogen) atoms. The topological polar surface area (TPSA) is 64.2 Å². The summed E-state index contributed by atoms with van der Waals surface area (Å²) in [4.78, 5) is 11.5. The van der Waals surface area contributed by atoms with Crippen LogP contribution in [0, 0.1) is 0 Å². The predicted molar refractivity (Wildman–Crippen MR) is 48.6 cm³/mol. The first-order chi connectivity index (χ1) is 4.84. The molecule has 0 radical (unpaired) electrons. The zero-order valence-corrected chi connectivity index (χ0v) is 7.19. The summed E-state index contributed by atoms with van der Waals surface area (Å²) in [6.07, 6.45) is 3.08. The van der Waals surface area contributed by atoms with Crippen LogP contribution in [-0.2, 0) is 0 Å². The first-order valence-electron chi connectivity index (χ1n) is 2.54. The highest BCUT2D eigenvalue weighted by Gasteiger charge is 1.94. The average molecular weight is 248 g/mol. The summed E-state index contributed by atoms with van der Waals surface area (Å²) < 4.78 is 1.60. The van der Waals surface area contributed by atoms with Crippen molar-refractivity contribution in [1.82, 2.24) is 9.97 Å². The average Bonchev–Trinajstić information content (AvgIpc) is 1.94. The Bertz CT molecular complexity index is 247. The fourth-order valence-electron chi connectivity index (χ4n) is 0.487. The van der Waals surface area contributed by atoms with Crippen LogP contribution in [0.5, 0.6) is 0 Å². The smallest absolute Gasteiger partial charge is 0.195 e. The molecule has 0 aliphatic heterocycles. The van der Waals surface area contributed by atoms with Crippen molar-refractivity contribution in [2.45, 2.75) is 0 Å². The zero-order valence-electron chi connectivity index (χ0n) is 5.03. The third-order valence-corrected chi connectivity index (χ3v) is 1.16. The van der Waals surface area contributed by atoms with Crippen LogP contribution in [0.25, 0.3) is 0 Å². The van der Waals surface area contributed by atoms with Gasteiger partial charge in [0.05, 0.1) is 4.22 Å². The molecular weight excluding hydrogens is 243 g/mol. The second-order valence-electron chi connectivity index (χ2n) is 1.49. The summed E-state index contributed by atoms with van der Waals surface area (Å²) in [5.41, 5.74) is 5.42. The van der Waals surface area contributed by atoms with E-state index in [1.54, 1.807) is 10.4 Å². The van der Waals surface area contributed by atoms with Crippen molar-refractivity contribution in [3.05, 3.63) is 12.4 Å². The van der Waals surface area contributed by atoms with Gasteiger partial charge in [0.2, 0.25) is 0 Å². The summed E-state index contributed by atoms with van der Waals surface area (Å²) in [7, 11) is 0. The molecule has 0 saturated carbocycles. The van der Waals surface area contributed by atoms with Crippen molar-refractivity contribution in [1.29, 1.82) is 0 Å². The molecule has 0 saturated heterocycles. The molecule has 0 aromatic carbocycles. The minimum Gasteiger partial charge on any atom is -0.381 e. The van der Waals surface area contributed by atoms with Gasteiger partial charge >= 0.3 is 0 Å². The standard InChI is InChI=1S/C5H5IN4/c6-3-10-5-4(7)8-1-2-9-5/h1-3H,(H2,7,8). The van der Waals surface area contributed by atoms with Gasteiger partial charge in [-0.3, -0.25) is 0 Å². The highest BCUT2D eigenvalue weighted by molar-refractivity contribution is 14.1. The summed E-state index contributed by atoms with van der Waals surface area (Å²) >= 11 is 1.99. The van der Waals surface area contributed by atoms with E-state index < -0.39 is 0 Å². The largest absolute Gasteiger partial charge is 0.381 e. The van der Waals surface area contributed by atoms with Crippen molar-refractivity contribution in [2.75, 3.05) is 5.73 Å². The Balaban J connectivity index is 3.03. The zero-order chi connectivity index (χ0) is 7.40. The molecule has 1 aromatic rings. The fourth-order valence-corrected chi connectivity index (χ4v) is 0.751. The van der Waals surface area contributed by atoms with Gasteiger partial charge in [0.1, 0.15) is 0 Å². The monoisotopic (exact) mass is 248 g/mol. The highest BCUT2D eigenvalue weighted by atomic mass is 127. The van der Waals surface area contributed by atoms with Gasteiger partial charge in [-0.05, 0) is 22.6 Å². The molecule has 52 valence electrons. The first kappa shape index (κ1) is 7.39. The summed E-state index contributed by atoms with van der Waals surface area (Å²) in [5, 5.41) is 0. The number of hydrogen-bond donors (Lipinski definition) is 1. The second-order valence-corrected chi connectivity index (χ2v) is 2.05. The van der Waals surface area contributed by atoms with Crippen molar-refractivity contribution >= 4 is 38.4 Å². The molecule has 5 heteroatoms. The predicted octanol–water partition coefficient (Wildman–Crippen LogP) is 1.15. The number of anilines is 1. The summed E-state index contributed by atoms with van der Waals surface area (Å²) in [5.74, 6) is 0.826. The van der Waals surface area contributed by atoms with Crippen LogP contribution in [0.1, 0.15) is 0 Å². The fraction of sp³-hybridized carbons (Fsp3) is 0. The van der Waals surface area contributed by atoms with E-state index in [1.165, 1.54) is 6.20 Å². The van der Waals surface area contributed by atoms with E-state index in [-0.39, 0.29) is 0 Å².